The first-order valence-electron chi connectivity index (χ1n) is 5.52. The lowest BCUT2D eigenvalue weighted by atomic mass is 10.1. The van der Waals surface area contributed by atoms with Crippen molar-refractivity contribution in [3.05, 3.63) is 46.0 Å². The summed E-state index contributed by atoms with van der Waals surface area (Å²) in [5, 5.41) is 10.7. The van der Waals surface area contributed by atoms with Crippen LogP contribution in [0.5, 0.6) is 0 Å². The molecule has 1 aliphatic heterocycles. The van der Waals surface area contributed by atoms with Crippen molar-refractivity contribution in [2.45, 2.75) is 18.9 Å². The summed E-state index contributed by atoms with van der Waals surface area (Å²) in [7, 11) is 0. The van der Waals surface area contributed by atoms with E-state index in [0.717, 1.165) is 6.29 Å². The van der Waals surface area contributed by atoms with E-state index in [1.165, 1.54) is 12.1 Å². The van der Waals surface area contributed by atoms with Gasteiger partial charge in [0.15, 0.2) is 0 Å². The summed E-state index contributed by atoms with van der Waals surface area (Å²) in [5.41, 5.74) is 4.14. The van der Waals surface area contributed by atoms with E-state index in [1.807, 2.05) is 6.08 Å². The van der Waals surface area contributed by atoms with Crippen LogP contribution in [0.1, 0.15) is 18.4 Å². The highest BCUT2D eigenvalue weighted by atomic mass is 16.7. The second-order valence-electron chi connectivity index (χ2n) is 3.89. The number of non-ortho nitro benzene ring substituents is 1. The summed E-state index contributed by atoms with van der Waals surface area (Å²) in [4.78, 5) is 25.7. The number of hydrogen-bond donors (Lipinski definition) is 1. The van der Waals surface area contributed by atoms with Gasteiger partial charge in [-0.1, -0.05) is 12.1 Å². The maximum absolute atomic E-state index is 10.7. The van der Waals surface area contributed by atoms with Crippen LogP contribution in [0.3, 0.4) is 0 Å². The van der Waals surface area contributed by atoms with Gasteiger partial charge in [0.05, 0.1) is 10.6 Å². The molecule has 6 nitrogen and oxygen atoms in total. The van der Waals surface area contributed by atoms with Crippen LogP contribution < -0.4 is 5.48 Å². The van der Waals surface area contributed by atoms with Gasteiger partial charge in [-0.2, -0.15) is 0 Å². The number of carbonyl (C=O) groups is 1. The number of hydrogen-bond acceptors (Lipinski definition) is 5. The molecule has 1 aliphatic rings. The van der Waals surface area contributed by atoms with E-state index in [9.17, 15) is 14.9 Å². The van der Waals surface area contributed by atoms with E-state index in [1.54, 1.807) is 12.1 Å². The van der Waals surface area contributed by atoms with Crippen molar-refractivity contribution in [2.24, 2.45) is 0 Å². The fourth-order valence-electron chi connectivity index (χ4n) is 1.71. The third kappa shape index (κ3) is 2.72. The molecule has 18 heavy (non-hydrogen) atoms. The number of aldehydes is 1. The van der Waals surface area contributed by atoms with E-state index < -0.39 is 4.92 Å². The first-order valence-corrected chi connectivity index (χ1v) is 5.52. The molecule has 2 rings (SSSR count). The van der Waals surface area contributed by atoms with Crippen LogP contribution in [0.25, 0.3) is 5.70 Å². The lowest BCUT2D eigenvalue weighted by molar-refractivity contribution is -0.384. The maximum atomic E-state index is 10.7. The van der Waals surface area contributed by atoms with Gasteiger partial charge in [-0.15, -0.1) is 0 Å². The van der Waals surface area contributed by atoms with Crippen molar-refractivity contribution in [2.75, 3.05) is 0 Å². The zero-order valence-corrected chi connectivity index (χ0v) is 9.54. The number of nitro benzene ring substituents is 1. The monoisotopic (exact) mass is 248 g/mol. The van der Waals surface area contributed by atoms with E-state index in [-0.39, 0.29) is 11.8 Å². The first-order chi connectivity index (χ1) is 8.70. The summed E-state index contributed by atoms with van der Waals surface area (Å²) in [6.07, 6.45) is 3.50. The van der Waals surface area contributed by atoms with Crippen LogP contribution in [-0.2, 0) is 9.63 Å². The standard InChI is InChI=1S/C12H12N2O4/c15-6-2-5-11-8-12(13-18-11)9-3-1-4-10(7-9)14(16)17/h1,3-4,6-8,11,13H,2,5H2. The summed E-state index contributed by atoms with van der Waals surface area (Å²) in [6.45, 7) is 0. The van der Waals surface area contributed by atoms with E-state index in [2.05, 4.69) is 5.48 Å². The van der Waals surface area contributed by atoms with Gasteiger partial charge in [-0.3, -0.25) is 20.4 Å². The number of benzene rings is 1. The van der Waals surface area contributed by atoms with E-state index >= 15 is 0 Å². The van der Waals surface area contributed by atoms with Crippen LogP contribution in [-0.4, -0.2) is 17.3 Å². The van der Waals surface area contributed by atoms with Crippen LogP contribution >= 0.6 is 0 Å². The van der Waals surface area contributed by atoms with Crippen molar-refractivity contribution in [3.63, 3.8) is 0 Å². The van der Waals surface area contributed by atoms with E-state index in [4.69, 9.17) is 4.84 Å². The molecular weight excluding hydrogens is 236 g/mol. The molecule has 0 saturated heterocycles. The molecule has 0 spiro atoms. The van der Waals surface area contributed by atoms with Gasteiger partial charge < -0.3 is 4.79 Å². The molecule has 0 bridgehead atoms. The number of hydroxylamine groups is 1. The van der Waals surface area contributed by atoms with Crippen molar-refractivity contribution >= 4 is 17.7 Å². The smallest absolute Gasteiger partial charge is 0.270 e. The SMILES string of the molecule is O=CCCC1C=C(c2cccc([N+](=O)[O-])c2)NO1. The van der Waals surface area contributed by atoms with Crippen LogP contribution in [0.2, 0.25) is 0 Å². The first kappa shape index (κ1) is 12.3. The lowest BCUT2D eigenvalue weighted by Gasteiger charge is -2.04. The average molecular weight is 248 g/mol. The molecule has 0 saturated carbocycles. The zero-order chi connectivity index (χ0) is 13.0. The molecule has 1 heterocycles. The molecule has 94 valence electrons. The van der Waals surface area contributed by atoms with E-state index in [0.29, 0.717) is 24.1 Å². The van der Waals surface area contributed by atoms with Crippen LogP contribution in [0.4, 0.5) is 5.69 Å². The third-order valence-corrected chi connectivity index (χ3v) is 2.61. The van der Waals surface area contributed by atoms with Crippen molar-refractivity contribution in [1.29, 1.82) is 0 Å². The zero-order valence-electron chi connectivity index (χ0n) is 9.54. The Morgan fingerprint density at radius 1 is 1.50 bits per heavy atom. The normalized spacial score (nSPS) is 18.0. The maximum Gasteiger partial charge on any atom is 0.270 e. The molecule has 1 atom stereocenters. The molecule has 1 unspecified atom stereocenters. The molecule has 0 radical (unpaired) electrons. The van der Waals surface area contributed by atoms with Crippen molar-refractivity contribution < 1.29 is 14.6 Å². The minimum Gasteiger partial charge on any atom is -0.303 e. The minimum atomic E-state index is -0.441. The van der Waals surface area contributed by atoms with Gasteiger partial charge in [-0.05, 0) is 12.5 Å². The van der Waals surface area contributed by atoms with Gasteiger partial charge in [0.1, 0.15) is 12.4 Å². The van der Waals surface area contributed by atoms with Crippen molar-refractivity contribution in [1.82, 2.24) is 5.48 Å². The number of nitrogens with zero attached hydrogens (tertiary/aromatic N) is 1. The Morgan fingerprint density at radius 2 is 2.33 bits per heavy atom. The molecular formula is C12H12N2O4. The summed E-state index contributed by atoms with van der Waals surface area (Å²) >= 11 is 0. The van der Waals surface area contributed by atoms with Crippen LogP contribution in [0.15, 0.2) is 30.3 Å². The molecule has 1 aromatic rings. The molecule has 0 amide bonds. The molecule has 0 aromatic heterocycles. The van der Waals surface area contributed by atoms with Gasteiger partial charge in [-0.25, -0.2) is 0 Å². The largest absolute Gasteiger partial charge is 0.303 e. The Hall–Kier alpha value is -2.21. The Bertz CT molecular complexity index is 499. The highest BCUT2D eigenvalue weighted by molar-refractivity contribution is 5.66. The summed E-state index contributed by atoms with van der Waals surface area (Å²) in [6, 6.07) is 6.29. The third-order valence-electron chi connectivity index (χ3n) is 2.61. The number of rotatable bonds is 5. The Kier molecular flexibility index (Phi) is 3.69. The topological polar surface area (TPSA) is 81.5 Å². The van der Waals surface area contributed by atoms with Gasteiger partial charge in [0.25, 0.3) is 5.69 Å². The number of carbonyl (C=O) groups excluding carboxylic acids is 1. The summed E-state index contributed by atoms with van der Waals surface area (Å²) in [5.74, 6) is 0. The fourth-order valence-corrected chi connectivity index (χ4v) is 1.71. The Morgan fingerprint density at radius 3 is 3.06 bits per heavy atom. The predicted octanol–water partition coefficient (Wildman–Crippen LogP) is 1.82. The minimum absolute atomic E-state index is 0.0338. The second-order valence-corrected chi connectivity index (χ2v) is 3.89. The number of nitrogens with one attached hydrogen (secondary N) is 1. The van der Waals surface area contributed by atoms with Crippen molar-refractivity contribution in [3.8, 4) is 0 Å². The van der Waals surface area contributed by atoms with Gasteiger partial charge in [0.2, 0.25) is 0 Å². The molecule has 0 aliphatic carbocycles. The Balaban J connectivity index is 2.14. The quantitative estimate of drug-likeness (QED) is 0.488. The van der Waals surface area contributed by atoms with Gasteiger partial charge in [0, 0.05) is 24.1 Å². The van der Waals surface area contributed by atoms with Gasteiger partial charge >= 0.3 is 0 Å². The highest BCUT2D eigenvalue weighted by Gasteiger charge is 2.18. The molecule has 0 fully saturated rings. The Labute approximate surface area is 103 Å². The summed E-state index contributed by atoms with van der Waals surface area (Å²) < 4.78 is 0. The molecule has 6 heteroatoms. The average Bonchev–Trinajstić information content (AvgIpc) is 2.85. The predicted molar refractivity (Wildman–Crippen MR) is 64.4 cm³/mol. The van der Waals surface area contributed by atoms with Crippen LogP contribution in [0, 0.1) is 10.1 Å². The molecule has 1 aromatic carbocycles. The number of nitro groups is 1. The fraction of sp³-hybridized carbons (Fsp3) is 0.250. The molecule has 1 N–H and O–H groups in total. The second kappa shape index (κ2) is 5.42. The lowest BCUT2D eigenvalue weighted by Crippen LogP contribution is -2.12. The highest BCUT2D eigenvalue weighted by Crippen LogP contribution is 2.23.